The van der Waals surface area contributed by atoms with Gasteiger partial charge in [-0.25, -0.2) is 8.42 Å². The number of rotatable bonds is 4. The maximum atomic E-state index is 11.5. The van der Waals surface area contributed by atoms with E-state index in [0.29, 0.717) is 0 Å². The Morgan fingerprint density at radius 2 is 2.25 bits per heavy atom. The van der Waals surface area contributed by atoms with Crippen LogP contribution < -0.4 is 4.72 Å². The quantitative estimate of drug-likeness (QED) is 0.763. The molecule has 1 heterocycles. The first-order chi connectivity index (χ1) is 7.36. The number of nitrogens with one attached hydrogen (secondary N) is 1. The van der Waals surface area contributed by atoms with Crippen molar-refractivity contribution in [1.82, 2.24) is 4.72 Å². The van der Waals surface area contributed by atoms with E-state index in [2.05, 4.69) is 4.42 Å². The molecule has 8 heteroatoms. The van der Waals surface area contributed by atoms with E-state index < -0.39 is 27.1 Å². The summed E-state index contributed by atoms with van der Waals surface area (Å²) < 4.78 is 29.5. The number of carboxylic acids is 1. The number of hydrogen-bond donors (Lipinski definition) is 2. The fraction of sp³-hybridized carbons (Fsp3) is 0.250. The molecular weight excluding hydrogens is 236 g/mol. The number of nitriles is 1. The van der Waals surface area contributed by atoms with Gasteiger partial charge in [0, 0.05) is 0 Å². The summed E-state index contributed by atoms with van der Waals surface area (Å²) in [6.45, 7) is 1.17. The summed E-state index contributed by atoms with van der Waals surface area (Å²) in [5.41, 5.74) is 0. The lowest BCUT2D eigenvalue weighted by Crippen LogP contribution is -2.38. The summed E-state index contributed by atoms with van der Waals surface area (Å²) in [5, 5.41) is 16.5. The van der Waals surface area contributed by atoms with Gasteiger partial charge < -0.3 is 9.52 Å². The van der Waals surface area contributed by atoms with Gasteiger partial charge in [0.15, 0.2) is 0 Å². The molecule has 86 valence electrons. The van der Waals surface area contributed by atoms with Gasteiger partial charge in [0.1, 0.15) is 12.1 Å². The van der Waals surface area contributed by atoms with Gasteiger partial charge in [0.25, 0.3) is 10.0 Å². The van der Waals surface area contributed by atoms with Crippen LogP contribution in [0.3, 0.4) is 0 Å². The number of nitrogens with zero attached hydrogens (tertiary/aromatic N) is 1. The van der Waals surface area contributed by atoms with Crippen LogP contribution in [0.25, 0.3) is 0 Å². The van der Waals surface area contributed by atoms with Gasteiger partial charge in [-0.05, 0) is 19.1 Å². The first-order valence-electron chi connectivity index (χ1n) is 4.12. The second-order valence-corrected chi connectivity index (χ2v) is 4.56. The number of aliphatic carboxylic acids is 1. The average molecular weight is 244 g/mol. The van der Waals surface area contributed by atoms with Gasteiger partial charge in [0.05, 0.1) is 0 Å². The van der Waals surface area contributed by atoms with Gasteiger partial charge in [-0.15, -0.1) is 0 Å². The van der Waals surface area contributed by atoms with Gasteiger partial charge >= 0.3 is 5.97 Å². The fourth-order valence-electron chi connectivity index (χ4n) is 0.866. The lowest BCUT2D eigenvalue weighted by atomic mass is 10.4. The highest BCUT2D eigenvalue weighted by atomic mass is 32.2. The Morgan fingerprint density at radius 3 is 2.69 bits per heavy atom. The summed E-state index contributed by atoms with van der Waals surface area (Å²) in [5.74, 6) is -1.47. The second-order valence-electron chi connectivity index (χ2n) is 2.91. The molecule has 0 bridgehead atoms. The van der Waals surface area contributed by atoms with Crippen LogP contribution >= 0.6 is 0 Å². The Kier molecular flexibility index (Phi) is 3.31. The van der Waals surface area contributed by atoms with Crippen LogP contribution in [0.5, 0.6) is 0 Å². The lowest BCUT2D eigenvalue weighted by molar-refractivity contribution is -0.138. The molecule has 0 spiro atoms. The molecule has 1 aromatic heterocycles. The summed E-state index contributed by atoms with van der Waals surface area (Å²) in [6, 6.07) is 2.60. The minimum absolute atomic E-state index is 0.164. The van der Waals surface area contributed by atoms with Crippen LogP contribution in [-0.4, -0.2) is 25.5 Å². The lowest BCUT2D eigenvalue weighted by Gasteiger charge is -2.07. The molecule has 16 heavy (non-hydrogen) atoms. The van der Waals surface area contributed by atoms with Gasteiger partial charge in [-0.1, -0.05) is 0 Å². The summed E-state index contributed by atoms with van der Waals surface area (Å²) in [4.78, 5) is 10.5. The molecule has 0 saturated carbocycles. The minimum atomic E-state index is -4.04. The van der Waals surface area contributed by atoms with Crippen LogP contribution in [0.2, 0.25) is 0 Å². The fourth-order valence-corrected chi connectivity index (χ4v) is 1.99. The molecule has 0 aliphatic heterocycles. The van der Waals surface area contributed by atoms with E-state index in [1.807, 2.05) is 4.72 Å². The molecule has 0 unspecified atom stereocenters. The van der Waals surface area contributed by atoms with E-state index in [0.717, 1.165) is 6.07 Å². The highest BCUT2D eigenvalue weighted by Gasteiger charge is 2.24. The molecule has 0 radical (unpaired) electrons. The minimum Gasteiger partial charge on any atom is -0.480 e. The van der Waals surface area contributed by atoms with Gasteiger partial charge in [0.2, 0.25) is 10.9 Å². The standard InChI is InChI=1S/C8H8N2O5S/c1-5(8(11)12)10-16(13,14)7-3-2-6(4-9)15-7/h2-3,5,10H,1H3,(H,11,12)/t5-/m0/s1. The molecule has 1 aromatic rings. The number of carboxylic acid groups (broad SMARTS) is 1. The number of sulfonamides is 1. The van der Waals surface area contributed by atoms with Crippen molar-refractivity contribution in [3.05, 3.63) is 17.9 Å². The third kappa shape index (κ3) is 2.59. The van der Waals surface area contributed by atoms with E-state index in [9.17, 15) is 13.2 Å². The number of carbonyl (C=O) groups is 1. The van der Waals surface area contributed by atoms with Crippen LogP contribution in [-0.2, 0) is 14.8 Å². The van der Waals surface area contributed by atoms with E-state index in [-0.39, 0.29) is 5.76 Å². The van der Waals surface area contributed by atoms with E-state index in [4.69, 9.17) is 10.4 Å². The van der Waals surface area contributed by atoms with E-state index >= 15 is 0 Å². The topological polar surface area (TPSA) is 120 Å². The predicted octanol–water partition coefficient (Wildman–Crippen LogP) is -0.0973. The van der Waals surface area contributed by atoms with Crippen molar-refractivity contribution in [3.63, 3.8) is 0 Å². The average Bonchev–Trinajstić information content (AvgIpc) is 2.65. The SMILES string of the molecule is C[C@H](NS(=O)(=O)c1ccc(C#N)o1)C(=O)O. The van der Waals surface area contributed by atoms with Crippen molar-refractivity contribution >= 4 is 16.0 Å². The number of hydrogen-bond acceptors (Lipinski definition) is 5. The number of furan rings is 1. The molecule has 7 nitrogen and oxygen atoms in total. The summed E-state index contributed by atoms with van der Waals surface area (Å²) in [6.07, 6.45) is 0. The normalized spacial score (nSPS) is 13.0. The molecule has 2 N–H and O–H groups in total. The molecule has 0 amide bonds. The summed E-state index contributed by atoms with van der Waals surface area (Å²) >= 11 is 0. The molecule has 0 aliphatic rings. The first-order valence-corrected chi connectivity index (χ1v) is 5.60. The maximum absolute atomic E-state index is 11.5. The van der Waals surface area contributed by atoms with Crippen LogP contribution in [0.1, 0.15) is 12.7 Å². The van der Waals surface area contributed by atoms with Crippen molar-refractivity contribution in [3.8, 4) is 6.07 Å². The molecule has 0 fully saturated rings. The van der Waals surface area contributed by atoms with Crippen molar-refractivity contribution in [2.24, 2.45) is 0 Å². The van der Waals surface area contributed by atoms with Gasteiger partial charge in [-0.2, -0.15) is 9.98 Å². The van der Waals surface area contributed by atoms with Crippen molar-refractivity contribution in [2.75, 3.05) is 0 Å². The Balaban J connectivity index is 2.95. The third-order valence-corrected chi connectivity index (χ3v) is 3.07. The monoisotopic (exact) mass is 244 g/mol. The molecule has 1 atom stereocenters. The zero-order valence-corrected chi connectivity index (χ0v) is 8.98. The third-order valence-electron chi connectivity index (χ3n) is 1.66. The molecule has 0 saturated heterocycles. The molecule has 1 rings (SSSR count). The first kappa shape index (κ1) is 12.2. The Hall–Kier alpha value is -1.85. The largest absolute Gasteiger partial charge is 0.480 e. The maximum Gasteiger partial charge on any atom is 0.321 e. The highest BCUT2D eigenvalue weighted by molar-refractivity contribution is 7.89. The summed E-state index contributed by atoms with van der Waals surface area (Å²) in [7, 11) is -4.04. The van der Waals surface area contributed by atoms with Crippen molar-refractivity contribution < 1.29 is 22.7 Å². The zero-order chi connectivity index (χ0) is 12.3. The van der Waals surface area contributed by atoms with E-state index in [1.165, 1.54) is 13.0 Å². The molecule has 0 aromatic carbocycles. The zero-order valence-electron chi connectivity index (χ0n) is 8.17. The van der Waals surface area contributed by atoms with E-state index in [1.54, 1.807) is 6.07 Å². The predicted molar refractivity (Wildman–Crippen MR) is 50.8 cm³/mol. The smallest absolute Gasteiger partial charge is 0.321 e. The van der Waals surface area contributed by atoms with Gasteiger partial charge in [-0.3, -0.25) is 4.79 Å². The Morgan fingerprint density at radius 1 is 1.62 bits per heavy atom. The molecule has 0 aliphatic carbocycles. The second kappa shape index (κ2) is 4.34. The van der Waals surface area contributed by atoms with Crippen LogP contribution in [0.15, 0.2) is 21.6 Å². The van der Waals surface area contributed by atoms with Crippen molar-refractivity contribution in [1.29, 1.82) is 5.26 Å². The Bertz CT molecular complexity index is 539. The Labute approximate surface area is 91.3 Å². The van der Waals surface area contributed by atoms with Crippen LogP contribution in [0.4, 0.5) is 0 Å². The van der Waals surface area contributed by atoms with Crippen LogP contribution in [0, 0.1) is 11.3 Å². The van der Waals surface area contributed by atoms with Crippen molar-refractivity contribution in [2.45, 2.75) is 18.1 Å². The molecular formula is C8H8N2O5S. The highest BCUT2D eigenvalue weighted by Crippen LogP contribution is 2.13.